The van der Waals surface area contributed by atoms with Crippen LogP contribution in [0.5, 0.6) is 0 Å². The van der Waals surface area contributed by atoms with Gasteiger partial charge >= 0.3 is 0 Å². The maximum absolute atomic E-state index is 11.6. The maximum Gasteiger partial charge on any atom is 0.187 e. The van der Waals surface area contributed by atoms with Crippen molar-refractivity contribution < 1.29 is 13.6 Å². The number of benzene rings is 1. The number of carbonyl (C=O) groups is 1. The molecule has 0 aliphatic heterocycles. The molecule has 0 amide bonds. The molecule has 0 bridgehead atoms. The molecule has 76 valence electrons. The third kappa shape index (κ3) is 2.27. The summed E-state index contributed by atoms with van der Waals surface area (Å²) in [5.41, 5.74) is 0.336. The van der Waals surface area contributed by atoms with Crippen molar-refractivity contribution in [2.24, 2.45) is 5.92 Å². The van der Waals surface area contributed by atoms with E-state index in [0.29, 0.717) is 5.56 Å². The molecule has 1 unspecified atom stereocenters. The van der Waals surface area contributed by atoms with Crippen LogP contribution < -0.4 is 0 Å². The van der Waals surface area contributed by atoms with Gasteiger partial charge in [-0.1, -0.05) is 32.0 Å². The number of ketones is 1. The van der Waals surface area contributed by atoms with Crippen molar-refractivity contribution in [1.82, 2.24) is 0 Å². The summed E-state index contributed by atoms with van der Waals surface area (Å²) in [6, 6.07) is 6.39. The molecule has 0 saturated heterocycles. The molecular formula is C10H12O3S. The minimum atomic E-state index is -2.10. The lowest BCUT2D eigenvalue weighted by atomic mass is 10.0. The van der Waals surface area contributed by atoms with E-state index < -0.39 is 11.1 Å². The number of rotatable bonds is 3. The lowest BCUT2D eigenvalue weighted by Crippen LogP contribution is -2.10. The van der Waals surface area contributed by atoms with Crippen LogP contribution in [0.3, 0.4) is 0 Å². The highest BCUT2D eigenvalue weighted by Crippen LogP contribution is 2.16. The van der Waals surface area contributed by atoms with Gasteiger partial charge in [0.2, 0.25) is 0 Å². The Labute approximate surface area is 85.4 Å². The molecular weight excluding hydrogens is 200 g/mol. The van der Waals surface area contributed by atoms with Gasteiger partial charge in [0, 0.05) is 11.5 Å². The van der Waals surface area contributed by atoms with E-state index in [4.69, 9.17) is 4.55 Å². The molecule has 1 aromatic rings. The van der Waals surface area contributed by atoms with Crippen LogP contribution in [0.25, 0.3) is 0 Å². The van der Waals surface area contributed by atoms with Crippen LogP contribution in [0.2, 0.25) is 0 Å². The maximum atomic E-state index is 11.6. The van der Waals surface area contributed by atoms with Crippen LogP contribution >= 0.6 is 0 Å². The molecule has 0 saturated carbocycles. The van der Waals surface area contributed by atoms with E-state index in [2.05, 4.69) is 0 Å². The summed E-state index contributed by atoms with van der Waals surface area (Å²) >= 11 is -2.10. The third-order valence-corrected chi connectivity index (χ3v) is 2.60. The van der Waals surface area contributed by atoms with E-state index in [-0.39, 0.29) is 16.6 Å². The van der Waals surface area contributed by atoms with Crippen LogP contribution in [0.4, 0.5) is 0 Å². The third-order valence-electron chi connectivity index (χ3n) is 1.87. The first-order chi connectivity index (χ1) is 6.54. The van der Waals surface area contributed by atoms with Crippen molar-refractivity contribution in [2.45, 2.75) is 18.7 Å². The lowest BCUT2D eigenvalue weighted by molar-refractivity contribution is 0.0936. The van der Waals surface area contributed by atoms with Gasteiger partial charge in [-0.05, 0) is 6.07 Å². The Morgan fingerprint density at radius 2 is 1.93 bits per heavy atom. The Kier molecular flexibility index (Phi) is 3.55. The van der Waals surface area contributed by atoms with Gasteiger partial charge in [0.15, 0.2) is 16.9 Å². The van der Waals surface area contributed by atoms with Gasteiger partial charge in [-0.25, -0.2) is 4.21 Å². The largest absolute Gasteiger partial charge is 0.302 e. The molecule has 1 aromatic carbocycles. The van der Waals surface area contributed by atoms with E-state index in [0.717, 1.165) is 0 Å². The minimum Gasteiger partial charge on any atom is -0.302 e. The lowest BCUT2D eigenvalue weighted by Gasteiger charge is -2.07. The SMILES string of the molecule is CC(C)C(=O)c1ccccc1S(=O)O. The zero-order chi connectivity index (χ0) is 10.7. The highest BCUT2D eigenvalue weighted by molar-refractivity contribution is 7.79. The van der Waals surface area contributed by atoms with Crippen LogP contribution in [-0.2, 0) is 11.1 Å². The van der Waals surface area contributed by atoms with Gasteiger partial charge in [0.25, 0.3) is 0 Å². The van der Waals surface area contributed by atoms with Crippen molar-refractivity contribution in [3.05, 3.63) is 29.8 Å². The molecule has 1 rings (SSSR count). The highest BCUT2D eigenvalue weighted by atomic mass is 32.2. The second-order valence-corrected chi connectivity index (χ2v) is 4.20. The summed E-state index contributed by atoms with van der Waals surface area (Å²) in [4.78, 5) is 11.8. The van der Waals surface area contributed by atoms with Gasteiger partial charge in [-0.2, -0.15) is 0 Å². The minimum absolute atomic E-state index is 0.108. The Morgan fingerprint density at radius 1 is 1.36 bits per heavy atom. The first-order valence-electron chi connectivity index (χ1n) is 4.28. The van der Waals surface area contributed by atoms with Crippen LogP contribution in [0.15, 0.2) is 29.2 Å². The fourth-order valence-electron chi connectivity index (χ4n) is 1.13. The second kappa shape index (κ2) is 4.48. The van der Waals surface area contributed by atoms with Gasteiger partial charge < -0.3 is 4.55 Å². The molecule has 1 atom stereocenters. The Hall–Kier alpha value is -1.00. The second-order valence-electron chi connectivity index (χ2n) is 3.26. The summed E-state index contributed by atoms with van der Waals surface area (Å²) in [6.07, 6.45) is 0. The molecule has 1 N–H and O–H groups in total. The van der Waals surface area contributed by atoms with Gasteiger partial charge in [0.05, 0.1) is 4.90 Å². The summed E-state index contributed by atoms with van der Waals surface area (Å²) in [5.74, 6) is -0.275. The average Bonchev–Trinajstić information content (AvgIpc) is 2.16. The fourth-order valence-corrected chi connectivity index (χ4v) is 1.69. The molecule has 0 radical (unpaired) electrons. The number of hydrogen-bond acceptors (Lipinski definition) is 2. The molecule has 0 aromatic heterocycles. The fraction of sp³-hybridized carbons (Fsp3) is 0.300. The molecule has 0 heterocycles. The predicted octanol–water partition coefficient (Wildman–Crippen LogP) is 2.11. The zero-order valence-electron chi connectivity index (χ0n) is 8.06. The molecule has 4 heteroatoms. The van der Waals surface area contributed by atoms with E-state index in [1.807, 2.05) is 0 Å². The van der Waals surface area contributed by atoms with Crippen molar-refractivity contribution >= 4 is 16.9 Å². The van der Waals surface area contributed by atoms with Crippen molar-refractivity contribution in [1.29, 1.82) is 0 Å². The number of carbonyl (C=O) groups excluding carboxylic acids is 1. The van der Waals surface area contributed by atoms with E-state index in [9.17, 15) is 9.00 Å². The summed E-state index contributed by atoms with van der Waals surface area (Å²) in [7, 11) is 0. The van der Waals surface area contributed by atoms with Crippen molar-refractivity contribution in [3.63, 3.8) is 0 Å². The molecule has 0 aliphatic rings. The van der Waals surface area contributed by atoms with Gasteiger partial charge in [-0.15, -0.1) is 0 Å². The van der Waals surface area contributed by atoms with Crippen LogP contribution in [-0.4, -0.2) is 14.5 Å². The quantitative estimate of drug-likeness (QED) is 0.616. The highest BCUT2D eigenvalue weighted by Gasteiger charge is 2.16. The van der Waals surface area contributed by atoms with E-state index in [1.54, 1.807) is 32.0 Å². The standard InChI is InChI=1S/C10H12O3S/c1-7(2)10(11)8-5-3-4-6-9(8)14(12)13/h3-7H,1-2H3,(H,12,13). The molecule has 0 fully saturated rings. The Morgan fingerprint density at radius 3 is 2.43 bits per heavy atom. The zero-order valence-corrected chi connectivity index (χ0v) is 8.88. The first-order valence-corrected chi connectivity index (χ1v) is 5.38. The molecule has 0 aliphatic carbocycles. The first kappa shape index (κ1) is 11.1. The normalized spacial score (nSPS) is 12.9. The van der Waals surface area contributed by atoms with E-state index in [1.165, 1.54) is 6.07 Å². The van der Waals surface area contributed by atoms with Crippen molar-refractivity contribution in [2.75, 3.05) is 0 Å². The predicted molar refractivity (Wildman–Crippen MR) is 54.6 cm³/mol. The molecule has 14 heavy (non-hydrogen) atoms. The number of hydrogen-bond donors (Lipinski definition) is 1. The monoisotopic (exact) mass is 212 g/mol. The molecule has 3 nitrogen and oxygen atoms in total. The van der Waals surface area contributed by atoms with Crippen molar-refractivity contribution in [3.8, 4) is 0 Å². The Balaban J connectivity index is 3.20. The average molecular weight is 212 g/mol. The van der Waals surface area contributed by atoms with Crippen LogP contribution in [0.1, 0.15) is 24.2 Å². The topological polar surface area (TPSA) is 54.4 Å². The van der Waals surface area contributed by atoms with E-state index >= 15 is 0 Å². The Bertz CT molecular complexity index is 371. The smallest absolute Gasteiger partial charge is 0.187 e. The summed E-state index contributed by atoms with van der Waals surface area (Å²) in [6.45, 7) is 3.53. The van der Waals surface area contributed by atoms with Crippen LogP contribution in [0, 0.1) is 5.92 Å². The van der Waals surface area contributed by atoms with Gasteiger partial charge in [-0.3, -0.25) is 4.79 Å². The summed E-state index contributed by atoms with van der Waals surface area (Å²) < 4.78 is 19.9. The number of Topliss-reactive ketones (excluding diaryl/α,β-unsaturated/α-hetero) is 1. The van der Waals surface area contributed by atoms with Gasteiger partial charge in [0.1, 0.15) is 0 Å². The molecule has 0 spiro atoms. The summed E-state index contributed by atoms with van der Waals surface area (Å²) in [5, 5.41) is 0.